The van der Waals surface area contributed by atoms with E-state index in [1.807, 2.05) is 95.9 Å². The Labute approximate surface area is 291 Å². The van der Waals surface area contributed by atoms with Gasteiger partial charge in [0, 0.05) is 69.6 Å². The Morgan fingerprint density at radius 3 is 1.72 bits per heavy atom. The molecule has 1 atom stereocenters. The van der Waals surface area contributed by atoms with E-state index in [-0.39, 0.29) is 31.3 Å². The number of nitrogens with one attached hydrogen (secondary N) is 1. The van der Waals surface area contributed by atoms with Gasteiger partial charge in [-0.3, -0.25) is 9.59 Å². The summed E-state index contributed by atoms with van der Waals surface area (Å²) in [5, 5.41) is 4.96. The number of piperazine rings is 2. The van der Waals surface area contributed by atoms with Gasteiger partial charge in [0.2, 0.25) is 11.8 Å². The first-order chi connectivity index (χ1) is 24.5. The van der Waals surface area contributed by atoms with Crippen molar-refractivity contribution in [2.75, 3.05) is 62.2 Å². The van der Waals surface area contributed by atoms with Gasteiger partial charge in [-0.1, -0.05) is 66.7 Å². The molecule has 7 rings (SSSR count). The third kappa shape index (κ3) is 7.78. The molecule has 0 spiro atoms. The highest BCUT2D eigenvalue weighted by Crippen LogP contribution is 2.22. The lowest BCUT2D eigenvalue weighted by Crippen LogP contribution is -2.55. The Kier molecular flexibility index (Phi) is 10.00. The number of hydrogen-bond acceptors (Lipinski definition) is 8. The number of fused-ring (bicyclic) bond motifs is 2. The standard InChI is InChI=1S/C39H41N7O4/c47-37(45-24-20-43(21-25-45)35-17-14-30-10-4-6-12-32(30)40-35)19-16-34(42-39(49)50-28-29-8-2-1-3-9-29)38(48)46-26-22-44(23-27-46)36-18-15-31-11-5-7-13-33(31)41-36/h1-15,17-18,34H,16,19-28H2,(H,42,49)/t34-/m1/s1. The molecule has 2 aromatic heterocycles. The summed E-state index contributed by atoms with van der Waals surface area (Å²) < 4.78 is 5.47. The van der Waals surface area contributed by atoms with Crippen LogP contribution in [0, 0.1) is 0 Å². The maximum Gasteiger partial charge on any atom is 0.408 e. The second-order valence-electron chi connectivity index (χ2n) is 12.7. The van der Waals surface area contributed by atoms with Gasteiger partial charge in [-0.05, 0) is 48.4 Å². The molecule has 2 aliphatic rings. The fourth-order valence-electron chi connectivity index (χ4n) is 6.61. The van der Waals surface area contributed by atoms with Crippen molar-refractivity contribution in [3.05, 3.63) is 109 Å². The molecule has 0 unspecified atom stereocenters. The molecule has 2 saturated heterocycles. The first-order valence-electron chi connectivity index (χ1n) is 17.3. The van der Waals surface area contributed by atoms with Crippen molar-refractivity contribution in [3.63, 3.8) is 0 Å². The minimum Gasteiger partial charge on any atom is -0.445 e. The Morgan fingerprint density at radius 1 is 0.620 bits per heavy atom. The van der Waals surface area contributed by atoms with E-state index in [2.05, 4.69) is 27.2 Å². The summed E-state index contributed by atoms with van der Waals surface area (Å²) in [5.41, 5.74) is 2.72. The number of ether oxygens (including phenoxy) is 1. The maximum absolute atomic E-state index is 13.9. The number of nitrogens with zero attached hydrogens (tertiary/aromatic N) is 6. The maximum atomic E-state index is 13.9. The Balaban J connectivity index is 0.956. The lowest BCUT2D eigenvalue weighted by molar-refractivity contribution is -0.135. The highest BCUT2D eigenvalue weighted by molar-refractivity contribution is 5.87. The van der Waals surface area contributed by atoms with E-state index in [9.17, 15) is 14.4 Å². The van der Waals surface area contributed by atoms with Crippen LogP contribution in [0.25, 0.3) is 21.8 Å². The minimum atomic E-state index is -0.893. The van der Waals surface area contributed by atoms with Gasteiger partial charge in [0.25, 0.3) is 0 Å². The second-order valence-corrected chi connectivity index (χ2v) is 12.7. The van der Waals surface area contributed by atoms with Gasteiger partial charge in [-0.15, -0.1) is 0 Å². The normalized spacial score (nSPS) is 15.6. The van der Waals surface area contributed by atoms with Gasteiger partial charge in [-0.2, -0.15) is 0 Å². The van der Waals surface area contributed by atoms with Gasteiger partial charge in [0.05, 0.1) is 11.0 Å². The SMILES string of the molecule is O=C(N[C@H](CCC(=O)N1CCN(c2ccc3ccccc3n2)CC1)C(=O)N1CCN(c2ccc3ccccc3n2)CC1)OCc1ccccc1. The second kappa shape index (κ2) is 15.2. The van der Waals surface area contributed by atoms with Gasteiger partial charge in [0.1, 0.15) is 24.3 Å². The van der Waals surface area contributed by atoms with Crippen LogP contribution in [-0.4, -0.2) is 96.1 Å². The molecular formula is C39H41N7O4. The number of carbonyl (C=O) groups is 3. The number of anilines is 2. The number of amides is 3. The number of benzene rings is 3. The van der Waals surface area contributed by atoms with Crippen molar-refractivity contribution in [2.45, 2.75) is 25.5 Å². The average Bonchev–Trinajstić information content (AvgIpc) is 3.18. The molecule has 0 aliphatic carbocycles. The van der Waals surface area contributed by atoms with E-state index in [0.717, 1.165) is 39.0 Å². The monoisotopic (exact) mass is 671 g/mol. The lowest BCUT2D eigenvalue weighted by atomic mass is 10.1. The third-order valence-corrected chi connectivity index (χ3v) is 9.49. The van der Waals surface area contributed by atoms with Crippen LogP contribution < -0.4 is 15.1 Å². The van der Waals surface area contributed by atoms with Crippen LogP contribution in [0.2, 0.25) is 0 Å². The Hall–Kier alpha value is -5.71. The van der Waals surface area contributed by atoms with Crippen LogP contribution in [0.15, 0.2) is 103 Å². The number of alkyl carbamates (subject to hydrolysis) is 1. The Bertz CT molecular complexity index is 1960. The molecule has 0 bridgehead atoms. The van der Waals surface area contributed by atoms with Gasteiger partial charge in [0.15, 0.2) is 0 Å². The molecule has 0 saturated carbocycles. The van der Waals surface area contributed by atoms with Crippen molar-refractivity contribution in [2.24, 2.45) is 0 Å². The predicted octanol–water partition coefficient (Wildman–Crippen LogP) is 4.86. The lowest BCUT2D eigenvalue weighted by Gasteiger charge is -2.37. The number of pyridine rings is 2. The summed E-state index contributed by atoms with van der Waals surface area (Å²) in [6.45, 7) is 4.70. The molecule has 1 N–H and O–H groups in total. The van der Waals surface area contributed by atoms with Crippen molar-refractivity contribution in [3.8, 4) is 0 Å². The van der Waals surface area contributed by atoms with Crippen molar-refractivity contribution in [1.82, 2.24) is 25.1 Å². The molecule has 3 amide bonds. The van der Waals surface area contributed by atoms with E-state index in [1.54, 1.807) is 4.90 Å². The molecule has 256 valence electrons. The third-order valence-electron chi connectivity index (χ3n) is 9.49. The van der Waals surface area contributed by atoms with Crippen LogP contribution >= 0.6 is 0 Å². The van der Waals surface area contributed by atoms with Crippen LogP contribution in [0.1, 0.15) is 18.4 Å². The number of para-hydroxylation sites is 2. The number of hydrogen-bond donors (Lipinski definition) is 1. The molecule has 4 heterocycles. The Morgan fingerprint density at radius 2 is 1.14 bits per heavy atom. The van der Waals surface area contributed by atoms with Crippen molar-refractivity contribution < 1.29 is 19.1 Å². The predicted molar refractivity (Wildman–Crippen MR) is 194 cm³/mol. The average molecular weight is 672 g/mol. The highest BCUT2D eigenvalue weighted by Gasteiger charge is 2.31. The fourth-order valence-corrected chi connectivity index (χ4v) is 6.61. The van der Waals surface area contributed by atoms with E-state index in [4.69, 9.17) is 14.7 Å². The topological polar surface area (TPSA) is 111 Å². The highest BCUT2D eigenvalue weighted by atomic mass is 16.5. The van der Waals surface area contributed by atoms with Crippen LogP contribution in [0.3, 0.4) is 0 Å². The van der Waals surface area contributed by atoms with Crippen molar-refractivity contribution >= 4 is 51.3 Å². The van der Waals surface area contributed by atoms with Gasteiger partial charge >= 0.3 is 6.09 Å². The molecule has 5 aromatic rings. The van der Waals surface area contributed by atoms with E-state index in [1.165, 1.54) is 0 Å². The number of rotatable bonds is 9. The van der Waals surface area contributed by atoms with Crippen LogP contribution in [-0.2, 0) is 20.9 Å². The zero-order valence-electron chi connectivity index (χ0n) is 28.0. The molecule has 2 aliphatic heterocycles. The molecule has 11 heteroatoms. The summed E-state index contributed by atoms with van der Waals surface area (Å²) in [4.78, 5) is 57.8. The molecule has 50 heavy (non-hydrogen) atoms. The molecule has 3 aromatic carbocycles. The quantitative estimate of drug-likeness (QED) is 0.237. The first kappa shape index (κ1) is 32.8. The van der Waals surface area contributed by atoms with E-state index in [0.29, 0.717) is 52.4 Å². The van der Waals surface area contributed by atoms with E-state index >= 15 is 0 Å². The van der Waals surface area contributed by atoms with Gasteiger partial charge in [-0.25, -0.2) is 14.8 Å². The smallest absolute Gasteiger partial charge is 0.408 e. The molecule has 0 radical (unpaired) electrons. The van der Waals surface area contributed by atoms with Crippen LogP contribution in [0.5, 0.6) is 0 Å². The molecular weight excluding hydrogens is 630 g/mol. The minimum absolute atomic E-state index is 0.0411. The van der Waals surface area contributed by atoms with E-state index < -0.39 is 12.1 Å². The fraction of sp³-hybridized carbons (Fsp3) is 0.308. The van der Waals surface area contributed by atoms with Crippen LogP contribution in [0.4, 0.5) is 16.4 Å². The number of aromatic nitrogens is 2. The number of carbonyl (C=O) groups excluding carboxylic acids is 3. The summed E-state index contributed by atoms with van der Waals surface area (Å²) in [6, 6.07) is 32.7. The van der Waals surface area contributed by atoms with Crippen molar-refractivity contribution in [1.29, 1.82) is 0 Å². The summed E-state index contributed by atoms with van der Waals surface area (Å²) >= 11 is 0. The van der Waals surface area contributed by atoms with Gasteiger partial charge < -0.3 is 29.7 Å². The molecule has 2 fully saturated rings. The zero-order valence-corrected chi connectivity index (χ0v) is 28.0. The first-order valence-corrected chi connectivity index (χ1v) is 17.3. The zero-order chi connectivity index (χ0) is 34.3. The molecule has 11 nitrogen and oxygen atoms in total. The largest absolute Gasteiger partial charge is 0.445 e. The summed E-state index contributed by atoms with van der Waals surface area (Å²) in [6.07, 6.45) is -0.378. The summed E-state index contributed by atoms with van der Waals surface area (Å²) in [7, 11) is 0. The summed E-state index contributed by atoms with van der Waals surface area (Å²) in [5.74, 6) is 1.52.